The standard InChI is InChI=1S/C16H15ClN8/c1-9(11-2-3-12-15(22-11)10(17)8-19-12)21-16-18-6-4-13(24-16)23-14-5-7-20-25-14/h2-9,19H,1H3,(H3,18,20,21,23,24,25). The molecule has 4 aromatic heterocycles. The van der Waals surface area contributed by atoms with Crippen molar-refractivity contribution in [3.8, 4) is 0 Å². The van der Waals surface area contributed by atoms with Crippen molar-refractivity contribution in [1.82, 2.24) is 30.1 Å². The molecule has 0 saturated carbocycles. The lowest BCUT2D eigenvalue weighted by molar-refractivity contribution is 0.828. The average molecular weight is 355 g/mol. The highest BCUT2D eigenvalue weighted by Gasteiger charge is 2.12. The van der Waals surface area contributed by atoms with Crippen molar-refractivity contribution in [3.05, 3.63) is 53.6 Å². The van der Waals surface area contributed by atoms with Crippen LogP contribution in [0.3, 0.4) is 0 Å². The van der Waals surface area contributed by atoms with Crippen LogP contribution in [-0.2, 0) is 0 Å². The minimum Gasteiger partial charge on any atom is -0.358 e. The molecule has 4 aromatic rings. The summed E-state index contributed by atoms with van der Waals surface area (Å²) in [6, 6.07) is 7.41. The molecule has 0 spiro atoms. The second-order valence-corrected chi connectivity index (χ2v) is 5.90. The van der Waals surface area contributed by atoms with Crippen LogP contribution < -0.4 is 10.6 Å². The summed E-state index contributed by atoms with van der Waals surface area (Å²) < 4.78 is 0. The lowest BCUT2D eigenvalue weighted by atomic mass is 10.2. The molecule has 0 aliphatic carbocycles. The van der Waals surface area contributed by atoms with Gasteiger partial charge in [0.25, 0.3) is 0 Å². The number of rotatable bonds is 5. The van der Waals surface area contributed by atoms with E-state index in [4.69, 9.17) is 11.6 Å². The first kappa shape index (κ1) is 15.4. The van der Waals surface area contributed by atoms with Crippen molar-refractivity contribution in [1.29, 1.82) is 0 Å². The zero-order valence-electron chi connectivity index (χ0n) is 13.3. The first-order valence-electron chi connectivity index (χ1n) is 7.68. The maximum Gasteiger partial charge on any atom is 0.225 e. The third-order valence-corrected chi connectivity index (χ3v) is 3.99. The summed E-state index contributed by atoms with van der Waals surface area (Å²) in [5, 5.41) is 13.7. The summed E-state index contributed by atoms with van der Waals surface area (Å²) >= 11 is 6.14. The Balaban J connectivity index is 1.53. The Bertz CT molecular complexity index is 994. The maximum absolute atomic E-state index is 6.14. The minimum atomic E-state index is -0.0854. The number of aromatic nitrogens is 6. The Morgan fingerprint density at radius 1 is 1.12 bits per heavy atom. The molecule has 9 heteroatoms. The second kappa shape index (κ2) is 6.40. The van der Waals surface area contributed by atoms with E-state index in [1.54, 1.807) is 24.7 Å². The van der Waals surface area contributed by atoms with Crippen molar-refractivity contribution in [2.24, 2.45) is 0 Å². The summed E-state index contributed by atoms with van der Waals surface area (Å²) in [7, 11) is 0. The maximum atomic E-state index is 6.14. The fourth-order valence-corrected chi connectivity index (χ4v) is 2.65. The fraction of sp³-hybridized carbons (Fsp3) is 0.125. The Kier molecular flexibility index (Phi) is 3.95. The third kappa shape index (κ3) is 3.24. The molecule has 4 N–H and O–H groups in total. The second-order valence-electron chi connectivity index (χ2n) is 5.50. The topological polar surface area (TPSA) is 107 Å². The monoisotopic (exact) mass is 354 g/mol. The highest BCUT2D eigenvalue weighted by atomic mass is 35.5. The average Bonchev–Trinajstić information content (AvgIpc) is 3.25. The molecule has 126 valence electrons. The van der Waals surface area contributed by atoms with Crippen LogP contribution in [-0.4, -0.2) is 30.1 Å². The third-order valence-electron chi connectivity index (χ3n) is 3.71. The number of aromatic amines is 2. The number of fused-ring (bicyclic) bond motifs is 1. The Morgan fingerprint density at radius 2 is 2.04 bits per heavy atom. The van der Waals surface area contributed by atoms with Crippen molar-refractivity contribution in [2.45, 2.75) is 13.0 Å². The van der Waals surface area contributed by atoms with Crippen LogP contribution in [0.4, 0.5) is 17.6 Å². The van der Waals surface area contributed by atoms with E-state index < -0.39 is 0 Å². The van der Waals surface area contributed by atoms with Gasteiger partial charge in [0, 0.05) is 18.5 Å². The molecular weight excluding hydrogens is 340 g/mol. The van der Waals surface area contributed by atoms with Crippen molar-refractivity contribution < 1.29 is 0 Å². The fourth-order valence-electron chi connectivity index (χ4n) is 2.45. The molecule has 0 aromatic carbocycles. The Morgan fingerprint density at radius 3 is 2.88 bits per heavy atom. The molecule has 4 rings (SSSR count). The van der Waals surface area contributed by atoms with Crippen LogP contribution in [0.1, 0.15) is 18.7 Å². The van der Waals surface area contributed by atoms with Gasteiger partial charge in [0.2, 0.25) is 5.95 Å². The molecule has 0 saturated heterocycles. The van der Waals surface area contributed by atoms with Gasteiger partial charge in [-0.3, -0.25) is 5.10 Å². The first-order chi connectivity index (χ1) is 12.2. The number of anilines is 3. The molecule has 1 atom stereocenters. The van der Waals surface area contributed by atoms with Gasteiger partial charge >= 0.3 is 0 Å². The minimum absolute atomic E-state index is 0.0854. The van der Waals surface area contributed by atoms with Crippen molar-refractivity contribution >= 4 is 40.2 Å². The molecule has 4 heterocycles. The lowest BCUT2D eigenvalue weighted by Gasteiger charge is -2.14. The van der Waals surface area contributed by atoms with Crippen molar-refractivity contribution in [2.75, 3.05) is 10.6 Å². The number of hydrogen-bond acceptors (Lipinski definition) is 6. The van der Waals surface area contributed by atoms with Gasteiger partial charge in [-0.1, -0.05) is 11.6 Å². The zero-order valence-corrected chi connectivity index (χ0v) is 14.0. The first-order valence-corrected chi connectivity index (χ1v) is 8.06. The van der Waals surface area contributed by atoms with E-state index in [2.05, 4.69) is 40.8 Å². The van der Waals surface area contributed by atoms with Crippen LogP contribution in [0, 0.1) is 0 Å². The van der Waals surface area contributed by atoms with Gasteiger partial charge in [-0.2, -0.15) is 10.1 Å². The normalized spacial score (nSPS) is 12.2. The number of hydrogen-bond donors (Lipinski definition) is 4. The Hall–Kier alpha value is -3.13. The highest BCUT2D eigenvalue weighted by Crippen LogP contribution is 2.24. The van der Waals surface area contributed by atoms with Crippen LogP contribution >= 0.6 is 11.6 Å². The molecule has 0 radical (unpaired) electrons. The summed E-state index contributed by atoms with van der Waals surface area (Å²) in [5.74, 6) is 1.91. The SMILES string of the molecule is CC(Nc1nccc(Nc2ccn[nH]2)n1)c1ccc2[nH]cc(Cl)c2n1. The number of nitrogens with zero attached hydrogens (tertiary/aromatic N) is 4. The lowest BCUT2D eigenvalue weighted by Crippen LogP contribution is -2.11. The van der Waals surface area contributed by atoms with E-state index in [1.807, 2.05) is 25.1 Å². The molecule has 0 fully saturated rings. The number of halogens is 1. The summed E-state index contributed by atoms with van der Waals surface area (Å²) in [4.78, 5) is 16.4. The van der Waals surface area contributed by atoms with Gasteiger partial charge < -0.3 is 15.6 Å². The van der Waals surface area contributed by atoms with Gasteiger partial charge in [0.1, 0.15) is 17.2 Å². The van der Waals surface area contributed by atoms with E-state index in [9.17, 15) is 0 Å². The Labute approximate surface area is 148 Å². The molecule has 1 unspecified atom stereocenters. The summed E-state index contributed by atoms with van der Waals surface area (Å²) in [6.07, 6.45) is 5.08. The predicted octanol–water partition coefficient (Wildman–Crippen LogP) is 3.65. The smallest absolute Gasteiger partial charge is 0.225 e. The molecule has 0 bridgehead atoms. The van der Waals surface area contributed by atoms with E-state index in [-0.39, 0.29) is 6.04 Å². The quantitative estimate of drug-likeness (QED) is 0.436. The molecular formula is C16H15ClN8. The molecule has 0 aliphatic heterocycles. The van der Waals surface area contributed by atoms with E-state index in [0.29, 0.717) is 16.8 Å². The van der Waals surface area contributed by atoms with Gasteiger partial charge in [0.05, 0.1) is 28.5 Å². The van der Waals surface area contributed by atoms with Gasteiger partial charge in [-0.05, 0) is 25.1 Å². The number of nitrogens with one attached hydrogen (secondary N) is 4. The van der Waals surface area contributed by atoms with E-state index >= 15 is 0 Å². The van der Waals surface area contributed by atoms with E-state index in [0.717, 1.165) is 22.5 Å². The highest BCUT2D eigenvalue weighted by molar-refractivity contribution is 6.35. The molecule has 25 heavy (non-hydrogen) atoms. The van der Waals surface area contributed by atoms with Crippen LogP contribution in [0.25, 0.3) is 11.0 Å². The largest absolute Gasteiger partial charge is 0.358 e. The predicted molar refractivity (Wildman–Crippen MR) is 97.0 cm³/mol. The van der Waals surface area contributed by atoms with Crippen molar-refractivity contribution in [3.63, 3.8) is 0 Å². The van der Waals surface area contributed by atoms with Gasteiger partial charge in [-0.25, -0.2) is 9.97 Å². The summed E-state index contributed by atoms with van der Waals surface area (Å²) in [6.45, 7) is 1.99. The zero-order chi connectivity index (χ0) is 17.2. The van der Waals surface area contributed by atoms with Crippen LogP contribution in [0.15, 0.2) is 42.9 Å². The van der Waals surface area contributed by atoms with Gasteiger partial charge in [-0.15, -0.1) is 0 Å². The molecule has 0 aliphatic rings. The number of H-pyrrole nitrogens is 2. The van der Waals surface area contributed by atoms with Crippen LogP contribution in [0.5, 0.6) is 0 Å². The van der Waals surface area contributed by atoms with Gasteiger partial charge in [0.15, 0.2) is 0 Å². The summed E-state index contributed by atoms with van der Waals surface area (Å²) in [5.41, 5.74) is 2.51. The molecule has 8 nitrogen and oxygen atoms in total. The number of pyridine rings is 1. The molecule has 0 amide bonds. The van der Waals surface area contributed by atoms with E-state index in [1.165, 1.54) is 0 Å². The van der Waals surface area contributed by atoms with Crippen LogP contribution in [0.2, 0.25) is 5.02 Å².